The lowest BCUT2D eigenvalue weighted by molar-refractivity contribution is -0.133. The normalized spacial score (nSPS) is 28.8. The molecule has 3 rings (SSSR count). The van der Waals surface area contributed by atoms with E-state index in [2.05, 4.69) is 12.1 Å². The zero-order valence-electron chi connectivity index (χ0n) is 8.73. The number of carbonyl (C=O) groups excluding carboxylic acids is 1. The van der Waals surface area contributed by atoms with Crippen LogP contribution >= 0.6 is 0 Å². The van der Waals surface area contributed by atoms with E-state index in [1.807, 2.05) is 23.1 Å². The van der Waals surface area contributed by atoms with Crippen LogP contribution in [-0.4, -0.2) is 17.4 Å². The van der Waals surface area contributed by atoms with Gasteiger partial charge in [-0.2, -0.15) is 0 Å². The van der Waals surface area contributed by atoms with Crippen molar-refractivity contribution in [3.05, 3.63) is 35.9 Å². The molecule has 1 saturated carbocycles. The monoisotopic (exact) mass is 201 g/mol. The van der Waals surface area contributed by atoms with Crippen molar-refractivity contribution in [2.45, 2.75) is 19.4 Å². The van der Waals surface area contributed by atoms with Crippen molar-refractivity contribution in [1.29, 1.82) is 0 Å². The Hall–Kier alpha value is -1.31. The van der Waals surface area contributed by atoms with E-state index in [1.54, 1.807) is 0 Å². The maximum Gasteiger partial charge on any atom is 0.226 e. The zero-order chi connectivity index (χ0) is 10.3. The van der Waals surface area contributed by atoms with Gasteiger partial charge in [0, 0.05) is 19.0 Å². The van der Waals surface area contributed by atoms with E-state index in [9.17, 15) is 4.79 Å². The number of hydrogen-bond acceptors (Lipinski definition) is 1. The number of nitrogens with zero attached hydrogens (tertiary/aromatic N) is 1. The number of amides is 1. The molecule has 1 amide bonds. The van der Waals surface area contributed by atoms with Crippen LogP contribution in [0.2, 0.25) is 0 Å². The van der Waals surface area contributed by atoms with Gasteiger partial charge in [0.25, 0.3) is 0 Å². The number of likely N-dealkylation sites (tertiary alicyclic amines) is 1. The van der Waals surface area contributed by atoms with E-state index < -0.39 is 0 Å². The van der Waals surface area contributed by atoms with E-state index in [4.69, 9.17) is 0 Å². The fraction of sp³-hybridized carbons (Fsp3) is 0.462. The molecular formula is C13H15NO. The van der Waals surface area contributed by atoms with E-state index in [0.717, 1.165) is 19.5 Å². The second kappa shape index (κ2) is 3.37. The molecule has 0 bridgehead atoms. The van der Waals surface area contributed by atoms with Crippen LogP contribution in [0.3, 0.4) is 0 Å². The van der Waals surface area contributed by atoms with E-state index >= 15 is 0 Å². The van der Waals surface area contributed by atoms with Crippen LogP contribution in [-0.2, 0) is 11.3 Å². The Bertz CT molecular complexity index is 373. The Morgan fingerprint density at radius 3 is 2.53 bits per heavy atom. The summed E-state index contributed by atoms with van der Waals surface area (Å²) in [6.45, 7) is 1.78. The van der Waals surface area contributed by atoms with Crippen LogP contribution in [0.25, 0.3) is 0 Å². The van der Waals surface area contributed by atoms with Gasteiger partial charge in [0.2, 0.25) is 5.91 Å². The Balaban J connectivity index is 1.72. The lowest BCUT2D eigenvalue weighted by atomic mass is 9.76. The van der Waals surface area contributed by atoms with Gasteiger partial charge in [0.05, 0.1) is 0 Å². The summed E-state index contributed by atoms with van der Waals surface area (Å²) in [5, 5.41) is 0. The average molecular weight is 201 g/mol. The van der Waals surface area contributed by atoms with Crippen LogP contribution in [0, 0.1) is 11.8 Å². The number of benzene rings is 1. The Morgan fingerprint density at radius 2 is 2.00 bits per heavy atom. The lowest BCUT2D eigenvalue weighted by Gasteiger charge is -2.25. The van der Waals surface area contributed by atoms with Gasteiger partial charge in [-0.3, -0.25) is 4.79 Å². The fourth-order valence-electron chi connectivity index (χ4n) is 2.67. The third-order valence-electron chi connectivity index (χ3n) is 3.72. The summed E-state index contributed by atoms with van der Waals surface area (Å²) < 4.78 is 0. The standard InChI is InChI=1S/C13H15NO/c15-13-12-7-6-11(12)9-14(13)8-10-4-2-1-3-5-10/h1-5,11-12H,6-9H2. The van der Waals surface area contributed by atoms with Crippen molar-refractivity contribution in [2.75, 3.05) is 6.54 Å². The lowest BCUT2D eigenvalue weighted by Crippen LogP contribution is -2.28. The van der Waals surface area contributed by atoms with E-state index in [0.29, 0.717) is 17.7 Å². The molecule has 0 spiro atoms. The van der Waals surface area contributed by atoms with Crippen molar-refractivity contribution >= 4 is 5.91 Å². The first kappa shape index (κ1) is 8.96. The molecule has 0 N–H and O–H groups in total. The maximum absolute atomic E-state index is 11.9. The molecule has 2 unspecified atom stereocenters. The van der Waals surface area contributed by atoms with Crippen molar-refractivity contribution in [1.82, 2.24) is 4.90 Å². The highest BCUT2D eigenvalue weighted by Crippen LogP contribution is 2.41. The summed E-state index contributed by atoms with van der Waals surface area (Å²) in [5.41, 5.74) is 1.24. The molecule has 2 fully saturated rings. The highest BCUT2D eigenvalue weighted by molar-refractivity contribution is 5.82. The summed E-state index contributed by atoms with van der Waals surface area (Å²) in [6, 6.07) is 10.3. The maximum atomic E-state index is 11.9. The minimum absolute atomic E-state index is 0.369. The molecule has 1 aromatic carbocycles. The summed E-state index contributed by atoms with van der Waals surface area (Å²) >= 11 is 0. The van der Waals surface area contributed by atoms with Gasteiger partial charge < -0.3 is 4.90 Å². The van der Waals surface area contributed by atoms with Crippen LogP contribution in [0.5, 0.6) is 0 Å². The molecule has 2 atom stereocenters. The van der Waals surface area contributed by atoms with Crippen LogP contribution in [0.4, 0.5) is 0 Å². The SMILES string of the molecule is O=C1C2CCC2CN1Cc1ccccc1. The van der Waals surface area contributed by atoms with Gasteiger partial charge in [-0.1, -0.05) is 30.3 Å². The predicted octanol–water partition coefficient (Wildman–Crippen LogP) is 2.06. The van der Waals surface area contributed by atoms with Gasteiger partial charge in [-0.05, 0) is 24.3 Å². The van der Waals surface area contributed by atoms with Crippen LogP contribution in [0.1, 0.15) is 18.4 Å². The molecule has 1 saturated heterocycles. The van der Waals surface area contributed by atoms with Gasteiger partial charge in [0.15, 0.2) is 0 Å². The number of fused-ring (bicyclic) bond motifs is 1. The van der Waals surface area contributed by atoms with Gasteiger partial charge in [0.1, 0.15) is 0 Å². The van der Waals surface area contributed by atoms with Crippen molar-refractivity contribution in [3.63, 3.8) is 0 Å². The Morgan fingerprint density at radius 1 is 1.20 bits per heavy atom. The second-order valence-electron chi connectivity index (χ2n) is 4.65. The third-order valence-corrected chi connectivity index (χ3v) is 3.72. The molecule has 0 aromatic heterocycles. The molecule has 1 aliphatic heterocycles. The average Bonchev–Trinajstić information content (AvgIpc) is 2.42. The summed E-state index contributed by atoms with van der Waals surface area (Å²) in [7, 11) is 0. The van der Waals surface area contributed by atoms with Crippen LogP contribution in [0.15, 0.2) is 30.3 Å². The largest absolute Gasteiger partial charge is 0.338 e. The molecule has 0 radical (unpaired) electrons. The Labute approximate surface area is 89.9 Å². The molecule has 1 heterocycles. The van der Waals surface area contributed by atoms with Gasteiger partial charge in [-0.15, -0.1) is 0 Å². The van der Waals surface area contributed by atoms with Gasteiger partial charge in [-0.25, -0.2) is 0 Å². The van der Waals surface area contributed by atoms with E-state index in [-0.39, 0.29) is 0 Å². The highest BCUT2D eigenvalue weighted by Gasteiger charge is 2.45. The molecule has 1 aromatic rings. The predicted molar refractivity (Wildman–Crippen MR) is 58.1 cm³/mol. The minimum atomic E-state index is 0.369. The zero-order valence-corrected chi connectivity index (χ0v) is 8.73. The first-order chi connectivity index (χ1) is 7.34. The summed E-state index contributed by atoms with van der Waals surface area (Å²) in [5.74, 6) is 1.42. The van der Waals surface area contributed by atoms with Crippen molar-refractivity contribution in [2.24, 2.45) is 11.8 Å². The Kier molecular flexibility index (Phi) is 2.01. The molecule has 1 aliphatic carbocycles. The second-order valence-corrected chi connectivity index (χ2v) is 4.65. The summed E-state index contributed by atoms with van der Waals surface area (Å²) in [6.07, 6.45) is 2.37. The van der Waals surface area contributed by atoms with E-state index in [1.165, 1.54) is 12.0 Å². The van der Waals surface area contributed by atoms with Crippen molar-refractivity contribution in [3.8, 4) is 0 Å². The third kappa shape index (κ3) is 1.44. The van der Waals surface area contributed by atoms with Crippen LogP contribution < -0.4 is 0 Å². The molecule has 2 aliphatic rings. The molecular weight excluding hydrogens is 186 g/mol. The first-order valence-corrected chi connectivity index (χ1v) is 5.67. The quantitative estimate of drug-likeness (QED) is 0.717. The molecule has 15 heavy (non-hydrogen) atoms. The number of hydrogen-bond donors (Lipinski definition) is 0. The topological polar surface area (TPSA) is 20.3 Å². The number of carbonyl (C=O) groups is 1. The molecule has 2 nitrogen and oxygen atoms in total. The number of rotatable bonds is 2. The summed E-state index contributed by atoms with van der Waals surface area (Å²) in [4.78, 5) is 13.9. The molecule has 78 valence electrons. The van der Waals surface area contributed by atoms with Crippen molar-refractivity contribution < 1.29 is 4.79 Å². The van der Waals surface area contributed by atoms with Gasteiger partial charge >= 0.3 is 0 Å². The highest BCUT2D eigenvalue weighted by atomic mass is 16.2. The smallest absolute Gasteiger partial charge is 0.226 e. The fourth-order valence-corrected chi connectivity index (χ4v) is 2.67. The minimum Gasteiger partial charge on any atom is -0.338 e. The molecule has 2 heteroatoms. The first-order valence-electron chi connectivity index (χ1n) is 5.67.